The number of nitrogens with zero attached hydrogens (tertiary/aromatic N) is 3. The van der Waals surface area contributed by atoms with Crippen LogP contribution in [-0.4, -0.2) is 63.7 Å². The van der Waals surface area contributed by atoms with Crippen LogP contribution >= 0.6 is 0 Å². The Kier molecular flexibility index (Phi) is 7.68. The van der Waals surface area contributed by atoms with Crippen LogP contribution in [0.15, 0.2) is 35.2 Å². The Labute approximate surface area is 199 Å². The molecule has 0 N–H and O–H groups in total. The zero-order chi connectivity index (χ0) is 25.0. The molecule has 0 amide bonds. The van der Waals surface area contributed by atoms with E-state index in [9.17, 15) is 13.2 Å². The molecular weight excluding hydrogens is 462 g/mol. The number of hydrogen-bond donors (Lipinski definition) is 0. The molecule has 0 aliphatic heterocycles. The van der Waals surface area contributed by atoms with Gasteiger partial charge < -0.3 is 23.5 Å². The lowest BCUT2D eigenvalue weighted by molar-refractivity contribution is 0.0454. The zero-order valence-electron chi connectivity index (χ0n) is 20.1. The van der Waals surface area contributed by atoms with Gasteiger partial charge in [0.25, 0.3) is 0 Å². The van der Waals surface area contributed by atoms with E-state index >= 15 is 0 Å². The Hall–Kier alpha value is -3.31. The van der Waals surface area contributed by atoms with E-state index in [-0.39, 0.29) is 28.6 Å². The number of carbonyl (C=O) groups is 1. The number of hydrogen-bond acceptors (Lipinski definition) is 8. The number of aryl methyl sites for hydroxylation is 1. The van der Waals surface area contributed by atoms with Gasteiger partial charge in [0.1, 0.15) is 18.0 Å². The second-order valence-electron chi connectivity index (χ2n) is 7.58. The molecule has 0 atom stereocenters. The second-order valence-corrected chi connectivity index (χ2v) is 9.73. The first-order chi connectivity index (χ1) is 16.2. The van der Waals surface area contributed by atoms with Gasteiger partial charge >= 0.3 is 5.97 Å². The van der Waals surface area contributed by atoms with Crippen molar-refractivity contribution in [2.75, 3.05) is 35.4 Å². The number of benzene rings is 2. The van der Waals surface area contributed by atoms with Crippen LogP contribution in [0, 0.1) is 0 Å². The van der Waals surface area contributed by atoms with E-state index in [4.69, 9.17) is 18.9 Å². The first-order valence-corrected chi connectivity index (χ1v) is 12.0. The SMILES string of the molecule is CCCn1c(COC(=O)c2ccc(OC)c(OC)c2OC)nc2cc(S(=O)(=O)N(C)C)ccc21. The molecule has 1 aromatic heterocycles. The van der Waals surface area contributed by atoms with Gasteiger partial charge in [-0.05, 0) is 36.8 Å². The normalized spacial score (nSPS) is 11.6. The Morgan fingerprint density at radius 1 is 1.03 bits per heavy atom. The van der Waals surface area contributed by atoms with Crippen LogP contribution in [0.1, 0.15) is 29.5 Å². The van der Waals surface area contributed by atoms with E-state index in [0.717, 1.165) is 16.2 Å². The molecule has 10 nitrogen and oxygen atoms in total. The highest BCUT2D eigenvalue weighted by molar-refractivity contribution is 7.89. The summed E-state index contributed by atoms with van der Waals surface area (Å²) in [4.78, 5) is 17.6. The number of ether oxygens (including phenoxy) is 4. The highest BCUT2D eigenvalue weighted by Crippen LogP contribution is 2.40. The molecule has 0 bridgehead atoms. The van der Waals surface area contributed by atoms with Gasteiger partial charge in [0.05, 0.1) is 37.3 Å². The fourth-order valence-electron chi connectivity index (χ4n) is 3.58. The van der Waals surface area contributed by atoms with Crippen LogP contribution in [0.5, 0.6) is 17.2 Å². The van der Waals surface area contributed by atoms with Gasteiger partial charge in [-0.15, -0.1) is 0 Å². The van der Waals surface area contributed by atoms with Gasteiger partial charge in [-0.25, -0.2) is 22.5 Å². The summed E-state index contributed by atoms with van der Waals surface area (Å²) in [6.45, 7) is 2.53. The Bertz CT molecular complexity index is 1300. The van der Waals surface area contributed by atoms with E-state index in [1.165, 1.54) is 47.6 Å². The number of carbonyl (C=O) groups excluding carboxylic acids is 1. The molecule has 184 valence electrons. The molecule has 0 saturated carbocycles. The van der Waals surface area contributed by atoms with Gasteiger partial charge in [0.15, 0.2) is 11.5 Å². The predicted octanol–water partition coefficient (Wildman–Crippen LogP) is 3.08. The minimum Gasteiger partial charge on any atom is -0.493 e. The topological polar surface area (TPSA) is 109 Å². The molecule has 0 spiro atoms. The predicted molar refractivity (Wildman–Crippen MR) is 126 cm³/mol. The maximum absolute atomic E-state index is 12.9. The molecular formula is C23H29N3O7S. The van der Waals surface area contributed by atoms with E-state index in [1.54, 1.807) is 18.2 Å². The van der Waals surface area contributed by atoms with E-state index in [2.05, 4.69) is 4.98 Å². The quantitative estimate of drug-likeness (QED) is 0.398. The molecule has 0 aliphatic rings. The summed E-state index contributed by atoms with van der Waals surface area (Å²) in [5.41, 5.74) is 1.44. The Balaban J connectivity index is 1.94. The maximum atomic E-state index is 12.9. The molecule has 3 aromatic rings. The molecule has 0 saturated heterocycles. The average molecular weight is 492 g/mol. The summed E-state index contributed by atoms with van der Waals surface area (Å²) >= 11 is 0. The lowest BCUT2D eigenvalue weighted by atomic mass is 10.1. The smallest absolute Gasteiger partial charge is 0.342 e. The zero-order valence-corrected chi connectivity index (χ0v) is 20.9. The first kappa shape index (κ1) is 25.3. The van der Waals surface area contributed by atoms with Gasteiger partial charge in [-0.1, -0.05) is 6.92 Å². The third kappa shape index (κ3) is 4.66. The maximum Gasteiger partial charge on any atom is 0.342 e. The minimum atomic E-state index is -3.60. The lowest BCUT2D eigenvalue weighted by Crippen LogP contribution is -2.22. The summed E-state index contributed by atoms with van der Waals surface area (Å²) in [6.07, 6.45) is 0.813. The monoisotopic (exact) mass is 491 g/mol. The molecule has 0 fully saturated rings. The summed E-state index contributed by atoms with van der Waals surface area (Å²) < 4.78 is 49.6. The third-order valence-corrected chi connectivity index (χ3v) is 7.09. The molecule has 34 heavy (non-hydrogen) atoms. The average Bonchev–Trinajstić information content (AvgIpc) is 3.17. The van der Waals surface area contributed by atoms with Crippen molar-refractivity contribution in [2.24, 2.45) is 0 Å². The molecule has 2 aromatic carbocycles. The van der Waals surface area contributed by atoms with Crippen LogP contribution in [0.4, 0.5) is 0 Å². The summed E-state index contributed by atoms with van der Waals surface area (Å²) in [6, 6.07) is 7.93. The number of rotatable bonds is 10. The molecule has 0 aliphatic carbocycles. The van der Waals surface area contributed by atoms with E-state index in [1.807, 2.05) is 11.5 Å². The largest absolute Gasteiger partial charge is 0.493 e. The number of methoxy groups -OCH3 is 3. The number of aromatic nitrogens is 2. The van der Waals surface area contributed by atoms with Gasteiger partial charge in [-0.3, -0.25) is 0 Å². The lowest BCUT2D eigenvalue weighted by Gasteiger charge is -2.15. The minimum absolute atomic E-state index is 0.110. The van der Waals surface area contributed by atoms with Gasteiger partial charge in [0, 0.05) is 20.6 Å². The molecule has 1 heterocycles. The Morgan fingerprint density at radius 2 is 1.74 bits per heavy atom. The molecule has 3 rings (SSSR count). The third-order valence-electron chi connectivity index (χ3n) is 5.28. The van der Waals surface area contributed by atoms with Crippen molar-refractivity contribution in [1.29, 1.82) is 0 Å². The number of sulfonamides is 1. The Morgan fingerprint density at radius 3 is 2.32 bits per heavy atom. The fourth-order valence-corrected chi connectivity index (χ4v) is 4.51. The van der Waals surface area contributed by atoms with Crippen molar-refractivity contribution in [3.8, 4) is 17.2 Å². The van der Waals surface area contributed by atoms with Crippen molar-refractivity contribution in [1.82, 2.24) is 13.9 Å². The van der Waals surface area contributed by atoms with Crippen molar-refractivity contribution < 1.29 is 32.2 Å². The van der Waals surface area contributed by atoms with Crippen molar-refractivity contribution in [2.45, 2.75) is 31.4 Å². The highest BCUT2D eigenvalue weighted by atomic mass is 32.2. The number of imidazole rings is 1. The van der Waals surface area contributed by atoms with E-state index in [0.29, 0.717) is 23.6 Å². The summed E-state index contributed by atoms with van der Waals surface area (Å²) in [7, 11) is 3.71. The van der Waals surface area contributed by atoms with Crippen LogP contribution in [0.2, 0.25) is 0 Å². The molecule has 0 unspecified atom stereocenters. The van der Waals surface area contributed by atoms with Crippen LogP contribution in [-0.2, 0) is 27.9 Å². The standard InChI is InChI=1S/C23H29N3O7S/c1-7-12-26-18-10-8-15(34(28,29)25(2)3)13-17(18)24-20(26)14-33-23(27)16-9-11-19(30-4)22(32-6)21(16)31-5/h8-11,13H,7,12,14H2,1-6H3. The first-order valence-electron chi connectivity index (χ1n) is 10.6. The number of fused-ring (bicyclic) bond motifs is 1. The summed E-state index contributed by atoms with van der Waals surface area (Å²) in [5, 5.41) is 0. The number of esters is 1. The fraction of sp³-hybridized carbons (Fsp3) is 0.391. The van der Waals surface area contributed by atoms with Crippen LogP contribution in [0.3, 0.4) is 0 Å². The van der Waals surface area contributed by atoms with Gasteiger partial charge in [0.2, 0.25) is 15.8 Å². The van der Waals surface area contributed by atoms with Crippen molar-refractivity contribution >= 4 is 27.0 Å². The highest BCUT2D eigenvalue weighted by Gasteiger charge is 2.23. The van der Waals surface area contributed by atoms with Gasteiger partial charge in [-0.2, -0.15) is 0 Å². The van der Waals surface area contributed by atoms with Crippen molar-refractivity contribution in [3.63, 3.8) is 0 Å². The van der Waals surface area contributed by atoms with Crippen LogP contribution in [0.25, 0.3) is 11.0 Å². The van der Waals surface area contributed by atoms with Crippen LogP contribution < -0.4 is 14.2 Å². The van der Waals surface area contributed by atoms with Crippen molar-refractivity contribution in [3.05, 3.63) is 41.7 Å². The molecule has 11 heteroatoms. The van der Waals surface area contributed by atoms with E-state index < -0.39 is 16.0 Å². The molecule has 0 radical (unpaired) electrons. The second kappa shape index (κ2) is 10.3. The summed E-state index contributed by atoms with van der Waals surface area (Å²) in [5.74, 6) is 0.789.